The van der Waals surface area contributed by atoms with E-state index in [0.29, 0.717) is 25.9 Å². The minimum atomic E-state index is -0.494. The van der Waals surface area contributed by atoms with Crippen molar-refractivity contribution < 1.29 is 14.3 Å². The van der Waals surface area contributed by atoms with Gasteiger partial charge in [-0.05, 0) is 39.2 Å². The molecule has 5 nitrogen and oxygen atoms in total. The van der Waals surface area contributed by atoms with E-state index >= 15 is 0 Å². The summed E-state index contributed by atoms with van der Waals surface area (Å²) in [5.74, 6) is 0. The zero-order valence-corrected chi connectivity index (χ0v) is 13.5. The Labute approximate surface area is 131 Å². The Balaban J connectivity index is 2.07. The van der Waals surface area contributed by atoms with Crippen LogP contribution in [-0.4, -0.2) is 36.1 Å². The molecule has 1 fully saturated rings. The van der Waals surface area contributed by atoms with Gasteiger partial charge in [-0.1, -0.05) is 30.3 Å². The lowest BCUT2D eigenvalue weighted by molar-refractivity contribution is -0.111. The van der Waals surface area contributed by atoms with Gasteiger partial charge in [0.15, 0.2) is 0 Å². The number of rotatable bonds is 3. The Hall–Kier alpha value is -2.04. The summed E-state index contributed by atoms with van der Waals surface area (Å²) in [5, 5.41) is 2.96. The third-order valence-electron chi connectivity index (χ3n) is 3.93. The van der Waals surface area contributed by atoms with Gasteiger partial charge in [0.1, 0.15) is 5.60 Å². The summed E-state index contributed by atoms with van der Waals surface area (Å²) >= 11 is 0. The predicted molar refractivity (Wildman–Crippen MR) is 84.4 cm³/mol. The number of piperidine rings is 1. The second kappa shape index (κ2) is 6.38. The van der Waals surface area contributed by atoms with Crippen molar-refractivity contribution in [1.82, 2.24) is 10.2 Å². The van der Waals surface area contributed by atoms with Crippen molar-refractivity contribution in [3.05, 3.63) is 35.9 Å². The molecule has 1 aliphatic heterocycles. The monoisotopic (exact) mass is 304 g/mol. The summed E-state index contributed by atoms with van der Waals surface area (Å²) in [6.45, 7) is 6.69. The van der Waals surface area contributed by atoms with Crippen LogP contribution >= 0.6 is 0 Å². The van der Waals surface area contributed by atoms with Crippen molar-refractivity contribution in [1.29, 1.82) is 0 Å². The third-order valence-corrected chi connectivity index (χ3v) is 3.93. The van der Waals surface area contributed by atoms with Crippen molar-refractivity contribution >= 4 is 12.5 Å². The Bertz CT molecular complexity index is 514. The molecule has 0 unspecified atom stereocenters. The molecule has 0 bridgehead atoms. The molecule has 0 atom stereocenters. The van der Waals surface area contributed by atoms with E-state index in [1.807, 2.05) is 51.1 Å². The van der Waals surface area contributed by atoms with Gasteiger partial charge in [0.2, 0.25) is 6.41 Å². The molecule has 2 amide bonds. The van der Waals surface area contributed by atoms with Crippen molar-refractivity contribution in [2.75, 3.05) is 13.1 Å². The highest BCUT2D eigenvalue weighted by Crippen LogP contribution is 2.33. The molecule has 2 rings (SSSR count). The molecule has 1 aromatic rings. The van der Waals surface area contributed by atoms with E-state index < -0.39 is 11.1 Å². The lowest BCUT2D eigenvalue weighted by atomic mass is 9.81. The van der Waals surface area contributed by atoms with Crippen LogP contribution in [0.15, 0.2) is 30.3 Å². The molecular weight excluding hydrogens is 280 g/mol. The second-order valence-corrected chi connectivity index (χ2v) is 6.68. The van der Waals surface area contributed by atoms with Gasteiger partial charge in [-0.2, -0.15) is 0 Å². The predicted octanol–water partition coefficient (Wildman–Crippen LogP) is 2.66. The van der Waals surface area contributed by atoms with Crippen molar-refractivity contribution in [3.63, 3.8) is 0 Å². The van der Waals surface area contributed by atoms with E-state index in [1.165, 1.54) is 0 Å². The molecule has 0 saturated carbocycles. The molecule has 0 aromatic heterocycles. The van der Waals surface area contributed by atoms with Crippen molar-refractivity contribution in [3.8, 4) is 0 Å². The number of nitrogens with one attached hydrogen (secondary N) is 1. The van der Waals surface area contributed by atoms with Gasteiger partial charge in [-0.25, -0.2) is 4.79 Å². The first-order valence-corrected chi connectivity index (χ1v) is 7.61. The molecule has 0 aliphatic carbocycles. The van der Waals surface area contributed by atoms with Gasteiger partial charge < -0.3 is 15.0 Å². The van der Waals surface area contributed by atoms with Crippen LogP contribution in [0, 0.1) is 0 Å². The minimum absolute atomic E-state index is 0.291. The summed E-state index contributed by atoms with van der Waals surface area (Å²) in [5.41, 5.74) is 0.180. The minimum Gasteiger partial charge on any atom is -0.444 e. The molecule has 1 heterocycles. The summed E-state index contributed by atoms with van der Waals surface area (Å²) < 4.78 is 5.41. The number of amides is 2. The van der Waals surface area contributed by atoms with Crippen LogP contribution in [0.25, 0.3) is 0 Å². The van der Waals surface area contributed by atoms with Crippen LogP contribution in [0.5, 0.6) is 0 Å². The second-order valence-electron chi connectivity index (χ2n) is 6.68. The van der Waals surface area contributed by atoms with E-state index in [2.05, 4.69) is 5.32 Å². The Morgan fingerprint density at radius 3 is 2.32 bits per heavy atom. The van der Waals surface area contributed by atoms with Crippen LogP contribution < -0.4 is 5.32 Å². The fraction of sp³-hybridized carbons (Fsp3) is 0.529. The summed E-state index contributed by atoms with van der Waals surface area (Å²) in [6, 6.07) is 9.90. The first kappa shape index (κ1) is 16.3. The van der Waals surface area contributed by atoms with E-state index in [1.54, 1.807) is 4.90 Å². The third kappa shape index (κ3) is 3.78. The average Bonchev–Trinajstić information content (AvgIpc) is 2.47. The van der Waals surface area contributed by atoms with Crippen LogP contribution in [0.2, 0.25) is 0 Å². The maximum Gasteiger partial charge on any atom is 0.410 e. The van der Waals surface area contributed by atoms with Crippen molar-refractivity contribution in [2.45, 2.75) is 44.8 Å². The van der Waals surface area contributed by atoms with E-state index in [4.69, 9.17) is 4.74 Å². The Morgan fingerprint density at radius 2 is 1.82 bits per heavy atom. The van der Waals surface area contributed by atoms with Gasteiger partial charge in [0, 0.05) is 13.1 Å². The first-order chi connectivity index (χ1) is 10.4. The Morgan fingerprint density at radius 1 is 1.23 bits per heavy atom. The molecule has 0 spiro atoms. The maximum atomic E-state index is 12.1. The summed E-state index contributed by atoms with van der Waals surface area (Å²) in [4.78, 5) is 24.9. The molecular formula is C17H24N2O3. The smallest absolute Gasteiger partial charge is 0.410 e. The lowest BCUT2D eigenvalue weighted by Crippen LogP contribution is -2.52. The number of ether oxygens (including phenoxy) is 1. The van der Waals surface area contributed by atoms with Gasteiger partial charge >= 0.3 is 6.09 Å². The SMILES string of the molecule is CC(C)(C)OC(=O)N1CCC(NC=O)(c2ccccc2)CC1. The number of benzene rings is 1. The van der Waals surface area contributed by atoms with Gasteiger partial charge in [0.25, 0.3) is 0 Å². The molecule has 1 saturated heterocycles. The number of nitrogens with zero attached hydrogens (tertiary/aromatic N) is 1. The molecule has 5 heteroatoms. The fourth-order valence-corrected chi connectivity index (χ4v) is 2.78. The van der Waals surface area contributed by atoms with E-state index in [0.717, 1.165) is 12.0 Å². The standard InChI is InChI=1S/C17H24N2O3/c1-16(2,3)22-15(21)19-11-9-17(10-12-19,18-13-20)14-7-5-4-6-8-14/h4-8,13H,9-12H2,1-3H3,(H,18,20). The average molecular weight is 304 g/mol. The van der Waals surface area contributed by atoms with E-state index in [9.17, 15) is 9.59 Å². The van der Waals surface area contributed by atoms with Gasteiger partial charge in [-0.3, -0.25) is 4.79 Å². The van der Waals surface area contributed by atoms with Crippen LogP contribution in [-0.2, 0) is 15.1 Å². The highest BCUT2D eigenvalue weighted by Gasteiger charge is 2.38. The first-order valence-electron chi connectivity index (χ1n) is 7.61. The largest absolute Gasteiger partial charge is 0.444 e. The quantitative estimate of drug-likeness (QED) is 0.873. The molecule has 1 aromatic carbocycles. The molecule has 120 valence electrons. The summed E-state index contributed by atoms with van der Waals surface area (Å²) in [6.07, 6.45) is 1.81. The van der Waals surface area contributed by atoms with Gasteiger partial charge in [-0.15, -0.1) is 0 Å². The summed E-state index contributed by atoms with van der Waals surface area (Å²) in [7, 11) is 0. The normalized spacial score (nSPS) is 17.7. The zero-order valence-electron chi connectivity index (χ0n) is 13.5. The number of carbonyl (C=O) groups excluding carboxylic acids is 2. The van der Waals surface area contributed by atoms with Gasteiger partial charge in [0.05, 0.1) is 5.54 Å². The highest BCUT2D eigenvalue weighted by atomic mass is 16.6. The molecule has 22 heavy (non-hydrogen) atoms. The lowest BCUT2D eigenvalue weighted by Gasteiger charge is -2.42. The number of hydrogen-bond acceptors (Lipinski definition) is 3. The number of carbonyl (C=O) groups is 2. The highest BCUT2D eigenvalue weighted by molar-refractivity contribution is 5.68. The van der Waals surface area contributed by atoms with Crippen LogP contribution in [0.4, 0.5) is 4.79 Å². The topological polar surface area (TPSA) is 58.6 Å². The maximum absolute atomic E-state index is 12.1. The fourth-order valence-electron chi connectivity index (χ4n) is 2.78. The number of likely N-dealkylation sites (tertiary alicyclic amines) is 1. The zero-order chi connectivity index (χ0) is 16.2. The molecule has 0 radical (unpaired) electrons. The van der Waals surface area contributed by atoms with Crippen LogP contribution in [0.1, 0.15) is 39.2 Å². The Kier molecular flexibility index (Phi) is 4.74. The van der Waals surface area contributed by atoms with E-state index in [-0.39, 0.29) is 6.09 Å². The number of hydrogen-bond donors (Lipinski definition) is 1. The van der Waals surface area contributed by atoms with Crippen molar-refractivity contribution in [2.24, 2.45) is 0 Å². The molecule has 1 aliphatic rings. The van der Waals surface area contributed by atoms with Crippen LogP contribution in [0.3, 0.4) is 0 Å². The molecule has 1 N–H and O–H groups in total.